The summed E-state index contributed by atoms with van der Waals surface area (Å²) < 4.78 is 27.3. The maximum Gasteiger partial charge on any atom is 0.374 e. The Kier molecular flexibility index (Phi) is 3.13. The van der Waals surface area contributed by atoms with Gasteiger partial charge in [-0.2, -0.15) is 0 Å². The van der Waals surface area contributed by atoms with Gasteiger partial charge in [0.15, 0.2) is 9.84 Å². The Morgan fingerprint density at radius 2 is 2.20 bits per heavy atom. The van der Waals surface area contributed by atoms with Crippen LogP contribution in [0.3, 0.4) is 0 Å². The average Bonchev–Trinajstić information content (AvgIpc) is 2.51. The van der Waals surface area contributed by atoms with Crippen molar-refractivity contribution in [2.75, 3.05) is 0 Å². The minimum absolute atomic E-state index is 0.112. The molecule has 1 heterocycles. The molecule has 0 atom stereocenters. The summed E-state index contributed by atoms with van der Waals surface area (Å²) in [6.45, 7) is 3.10. The van der Waals surface area contributed by atoms with Crippen LogP contribution in [-0.4, -0.2) is 29.9 Å². The molecule has 1 aromatic rings. The summed E-state index contributed by atoms with van der Waals surface area (Å²) >= 11 is 0. The molecule has 0 fully saturated rings. The van der Waals surface area contributed by atoms with Crippen LogP contribution in [0.2, 0.25) is 0 Å². The van der Waals surface area contributed by atoms with E-state index in [-0.39, 0.29) is 17.2 Å². The third-order valence-corrected chi connectivity index (χ3v) is 3.97. The van der Waals surface area contributed by atoms with Crippen LogP contribution in [0.4, 0.5) is 0 Å². The zero-order valence-electron chi connectivity index (χ0n) is 8.30. The van der Waals surface area contributed by atoms with E-state index in [4.69, 9.17) is 5.11 Å². The molecule has 1 aromatic heterocycles. The molecule has 0 amide bonds. The normalized spacial score (nSPS) is 11.9. The standard InChI is InChI=1S/C8H11NO5S/c1-5(2)15(12,13)4-6-3-7(8(10)11)14-9-6/h3,5H,4H2,1-2H3,(H,10,11). The maximum atomic E-state index is 11.4. The fraction of sp³-hybridized carbons (Fsp3) is 0.500. The van der Waals surface area contributed by atoms with Gasteiger partial charge in [-0.15, -0.1) is 0 Å². The Morgan fingerprint density at radius 3 is 2.60 bits per heavy atom. The molecular weight excluding hydrogens is 222 g/mol. The van der Waals surface area contributed by atoms with E-state index in [0.717, 1.165) is 6.07 Å². The van der Waals surface area contributed by atoms with E-state index in [1.807, 2.05) is 0 Å². The molecule has 0 aromatic carbocycles. The molecule has 15 heavy (non-hydrogen) atoms. The van der Waals surface area contributed by atoms with E-state index in [1.54, 1.807) is 13.8 Å². The van der Waals surface area contributed by atoms with E-state index in [1.165, 1.54) is 0 Å². The first kappa shape index (κ1) is 11.7. The Morgan fingerprint density at radius 1 is 1.60 bits per heavy atom. The molecule has 0 saturated heterocycles. The van der Waals surface area contributed by atoms with E-state index < -0.39 is 21.1 Å². The second-order valence-corrected chi connectivity index (χ2v) is 5.90. The molecule has 1 N–H and O–H groups in total. The zero-order chi connectivity index (χ0) is 11.6. The number of hydrogen-bond donors (Lipinski definition) is 1. The Labute approximate surface area is 86.8 Å². The highest BCUT2D eigenvalue weighted by Crippen LogP contribution is 2.11. The molecule has 7 heteroatoms. The second kappa shape index (κ2) is 4.01. The van der Waals surface area contributed by atoms with Crippen molar-refractivity contribution in [1.82, 2.24) is 5.16 Å². The molecule has 0 spiro atoms. The predicted molar refractivity (Wildman–Crippen MR) is 51.2 cm³/mol. The van der Waals surface area contributed by atoms with Crippen LogP contribution in [0.15, 0.2) is 10.6 Å². The first-order valence-corrected chi connectivity index (χ1v) is 5.95. The van der Waals surface area contributed by atoms with Gasteiger partial charge in [0.2, 0.25) is 5.76 Å². The number of carbonyl (C=O) groups is 1. The van der Waals surface area contributed by atoms with E-state index in [9.17, 15) is 13.2 Å². The topological polar surface area (TPSA) is 97.5 Å². The minimum atomic E-state index is -3.28. The third-order valence-electron chi connectivity index (χ3n) is 1.84. The number of rotatable bonds is 4. The van der Waals surface area contributed by atoms with Gasteiger partial charge in [0.05, 0.1) is 16.7 Å². The lowest BCUT2D eigenvalue weighted by Gasteiger charge is -2.03. The van der Waals surface area contributed by atoms with Gasteiger partial charge < -0.3 is 9.63 Å². The largest absolute Gasteiger partial charge is 0.475 e. The summed E-state index contributed by atoms with van der Waals surface area (Å²) in [7, 11) is -3.28. The second-order valence-electron chi connectivity index (χ2n) is 3.34. The van der Waals surface area contributed by atoms with Crippen LogP contribution in [0, 0.1) is 0 Å². The monoisotopic (exact) mass is 233 g/mol. The van der Waals surface area contributed by atoms with E-state index in [0.29, 0.717) is 0 Å². The molecular formula is C8H11NO5S. The average molecular weight is 233 g/mol. The Bertz CT molecular complexity index is 459. The minimum Gasteiger partial charge on any atom is -0.475 e. The molecule has 0 aliphatic rings. The van der Waals surface area contributed by atoms with E-state index >= 15 is 0 Å². The van der Waals surface area contributed by atoms with Gasteiger partial charge in [0, 0.05) is 6.07 Å². The van der Waals surface area contributed by atoms with Gasteiger partial charge in [-0.3, -0.25) is 0 Å². The van der Waals surface area contributed by atoms with Gasteiger partial charge in [0.1, 0.15) is 0 Å². The SMILES string of the molecule is CC(C)S(=O)(=O)Cc1cc(C(=O)O)on1. The summed E-state index contributed by atoms with van der Waals surface area (Å²) in [6.07, 6.45) is 0. The number of sulfone groups is 1. The number of aromatic nitrogens is 1. The Balaban J connectivity index is 2.87. The fourth-order valence-corrected chi connectivity index (χ4v) is 1.74. The van der Waals surface area contributed by atoms with Crippen molar-refractivity contribution in [3.05, 3.63) is 17.5 Å². The molecule has 0 aliphatic heterocycles. The number of aromatic carboxylic acids is 1. The van der Waals surface area contributed by atoms with Gasteiger partial charge in [0.25, 0.3) is 0 Å². The molecule has 0 saturated carbocycles. The number of carboxylic acids is 1. The van der Waals surface area contributed by atoms with Gasteiger partial charge in [-0.05, 0) is 13.8 Å². The summed E-state index contributed by atoms with van der Waals surface area (Å²) in [6, 6.07) is 1.11. The lowest BCUT2D eigenvalue weighted by atomic mass is 10.4. The molecule has 1 rings (SSSR count). The number of nitrogens with zero attached hydrogens (tertiary/aromatic N) is 1. The molecule has 0 aliphatic carbocycles. The highest BCUT2D eigenvalue weighted by Gasteiger charge is 2.20. The summed E-state index contributed by atoms with van der Waals surface area (Å²) in [5, 5.41) is 11.4. The molecule has 6 nitrogen and oxygen atoms in total. The first-order valence-electron chi connectivity index (χ1n) is 4.23. The number of hydrogen-bond acceptors (Lipinski definition) is 5. The molecule has 0 radical (unpaired) electrons. The summed E-state index contributed by atoms with van der Waals surface area (Å²) in [4.78, 5) is 10.4. The van der Waals surface area contributed by atoms with Crippen LogP contribution in [0.25, 0.3) is 0 Å². The fourth-order valence-electron chi connectivity index (χ4n) is 0.853. The lowest BCUT2D eigenvalue weighted by molar-refractivity contribution is 0.0652. The lowest BCUT2D eigenvalue weighted by Crippen LogP contribution is -2.16. The van der Waals surface area contributed by atoms with Crippen molar-refractivity contribution in [3.63, 3.8) is 0 Å². The van der Waals surface area contributed by atoms with Crippen LogP contribution in [0.1, 0.15) is 30.1 Å². The van der Waals surface area contributed by atoms with Crippen molar-refractivity contribution < 1.29 is 22.8 Å². The summed E-state index contributed by atoms with van der Waals surface area (Å²) in [5.74, 6) is -1.93. The molecule has 0 unspecified atom stereocenters. The number of carboxylic acid groups (broad SMARTS) is 1. The third kappa shape index (κ3) is 2.79. The summed E-state index contributed by atoms with van der Waals surface area (Å²) in [5.41, 5.74) is 0.112. The highest BCUT2D eigenvalue weighted by atomic mass is 32.2. The quantitative estimate of drug-likeness (QED) is 0.821. The van der Waals surface area contributed by atoms with Crippen LogP contribution >= 0.6 is 0 Å². The van der Waals surface area contributed by atoms with Gasteiger partial charge >= 0.3 is 5.97 Å². The van der Waals surface area contributed by atoms with Crippen molar-refractivity contribution in [3.8, 4) is 0 Å². The van der Waals surface area contributed by atoms with Crippen molar-refractivity contribution in [2.45, 2.75) is 24.9 Å². The van der Waals surface area contributed by atoms with Gasteiger partial charge in [-0.25, -0.2) is 13.2 Å². The van der Waals surface area contributed by atoms with Crippen LogP contribution < -0.4 is 0 Å². The van der Waals surface area contributed by atoms with E-state index in [2.05, 4.69) is 9.68 Å². The van der Waals surface area contributed by atoms with Crippen molar-refractivity contribution in [2.24, 2.45) is 0 Å². The van der Waals surface area contributed by atoms with Crippen molar-refractivity contribution in [1.29, 1.82) is 0 Å². The maximum absolute atomic E-state index is 11.4. The first-order chi connectivity index (χ1) is 6.83. The van der Waals surface area contributed by atoms with Crippen LogP contribution in [0.5, 0.6) is 0 Å². The van der Waals surface area contributed by atoms with Crippen molar-refractivity contribution >= 4 is 15.8 Å². The Hall–Kier alpha value is -1.37. The molecule has 84 valence electrons. The highest BCUT2D eigenvalue weighted by molar-refractivity contribution is 7.91. The molecule has 0 bridgehead atoms. The predicted octanol–water partition coefficient (Wildman–Crippen LogP) is 0.696. The zero-order valence-corrected chi connectivity index (χ0v) is 9.11. The van der Waals surface area contributed by atoms with Gasteiger partial charge in [-0.1, -0.05) is 5.16 Å². The van der Waals surface area contributed by atoms with Crippen LogP contribution in [-0.2, 0) is 15.6 Å². The smallest absolute Gasteiger partial charge is 0.374 e.